The van der Waals surface area contributed by atoms with E-state index < -0.39 is 10.0 Å². The first-order valence-corrected chi connectivity index (χ1v) is 9.92. The summed E-state index contributed by atoms with van der Waals surface area (Å²) in [5, 5.41) is 10.8. The first-order valence-electron chi connectivity index (χ1n) is 6.23. The van der Waals surface area contributed by atoms with E-state index in [1.807, 2.05) is 6.26 Å². The molecule has 22 heavy (non-hydrogen) atoms. The molecule has 1 aromatic heterocycles. The molecule has 118 valence electrons. The largest absolute Gasteiger partial charge is 0.296 e. The maximum atomic E-state index is 12.0. The van der Waals surface area contributed by atoms with Crippen LogP contribution >= 0.6 is 23.1 Å². The lowest BCUT2D eigenvalue weighted by atomic mass is 10.2. The summed E-state index contributed by atoms with van der Waals surface area (Å²) in [6.45, 7) is 1.55. The van der Waals surface area contributed by atoms with Crippen molar-refractivity contribution in [1.29, 1.82) is 0 Å². The molecule has 0 unspecified atom stereocenters. The minimum atomic E-state index is -3.32. The Morgan fingerprint density at radius 2 is 1.95 bits per heavy atom. The summed E-state index contributed by atoms with van der Waals surface area (Å²) in [6.07, 6.45) is 1.88. The number of hydrogen-bond acceptors (Lipinski definition) is 7. The summed E-state index contributed by atoms with van der Waals surface area (Å²) in [5.41, 5.74) is 0.819. The average molecular weight is 358 g/mol. The molecular weight excluding hydrogens is 344 g/mol. The number of nitrogens with zero attached hydrogens (tertiary/aromatic N) is 2. The Labute approximate surface area is 136 Å². The summed E-state index contributed by atoms with van der Waals surface area (Å²) in [4.78, 5) is 12.0. The normalized spacial score (nSPS) is 11.2. The molecule has 0 aliphatic rings. The van der Waals surface area contributed by atoms with Crippen LogP contribution in [0.3, 0.4) is 0 Å². The second-order valence-corrected chi connectivity index (χ2v) is 8.16. The van der Waals surface area contributed by atoms with E-state index >= 15 is 0 Å². The van der Waals surface area contributed by atoms with E-state index in [4.69, 9.17) is 0 Å². The van der Waals surface area contributed by atoms with Gasteiger partial charge in [-0.05, 0) is 37.4 Å². The highest BCUT2D eigenvalue weighted by atomic mass is 32.2. The first kappa shape index (κ1) is 16.7. The van der Waals surface area contributed by atoms with E-state index in [1.165, 1.54) is 35.2 Å². The first-order chi connectivity index (χ1) is 10.4. The third-order valence-electron chi connectivity index (χ3n) is 2.60. The zero-order chi connectivity index (χ0) is 16.2. The van der Waals surface area contributed by atoms with Crippen LogP contribution in [0.15, 0.2) is 28.6 Å². The fraction of sp³-hybridized carbons (Fsp3) is 0.250. The van der Waals surface area contributed by atoms with Gasteiger partial charge in [0.25, 0.3) is 5.91 Å². The highest BCUT2D eigenvalue weighted by Gasteiger charge is 2.11. The van der Waals surface area contributed by atoms with Crippen molar-refractivity contribution in [3.05, 3.63) is 29.8 Å². The molecule has 0 aliphatic carbocycles. The summed E-state index contributed by atoms with van der Waals surface area (Å²) in [7, 11) is -3.32. The van der Waals surface area contributed by atoms with Gasteiger partial charge in [-0.2, -0.15) is 0 Å². The lowest BCUT2D eigenvalue weighted by molar-refractivity contribution is 0.102. The van der Waals surface area contributed by atoms with Gasteiger partial charge in [0.2, 0.25) is 15.2 Å². The molecule has 7 nitrogen and oxygen atoms in total. The predicted molar refractivity (Wildman–Crippen MR) is 89.2 cm³/mol. The van der Waals surface area contributed by atoms with Crippen LogP contribution in [0.5, 0.6) is 0 Å². The Morgan fingerprint density at radius 3 is 2.50 bits per heavy atom. The number of carbonyl (C=O) groups is 1. The number of carbonyl (C=O) groups excluding carboxylic acids is 1. The minimum absolute atomic E-state index is 0.00986. The molecule has 1 heterocycles. The Morgan fingerprint density at radius 1 is 1.27 bits per heavy atom. The molecule has 2 N–H and O–H groups in total. The van der Waals surface area contributed by atoms with Crippen molar-refractivity contribution < 1.29 is 13.2 Å². The fourth-order valence-corrected chi connectivity index (χ4v) is 3.26. The second kappa shape index (κ2) is 7.07. The zero-order valence-electron chi connectivity index (χ0n) is 11.9. The van der Waals surface area contributed by atoms with Gasteiger partial charge in [0.15, 0.2) is 4.34 Å². The lowest BCUT2D eigenvalue weighted by Gasteiger charge is -2.06. The molecule has 0 aliphatic heterocycles. The van der Waals surface area contributed by atoms with E-state index in [-0.39, 0.29) is 11.7 Å². The fourth-order valence-electron chi connectivity index (χ4n) is 1.45. The van der Waals surface area contributed by atoms with Crippen LogP contribution < -0.4 is 10.0 Å². The smallest absolute Gasteiger partial charge is 0.257 e. The monoisotopic (exact) mass is 358 g/mol. The summed E-state index contributed by atoms with van der Waals surface area (Å²) in [6, 6.07) is 6.16. The van der Waals surface area contributed by atoms with Gasteiger partial charge in [-0.15, -0.1) is 10.2 Å². The zero-order valence-corrected chi connectivity index (χ0v) is 14.3. The third kappa shape index (κ3) is 4.42. The number of thioether (sulfide) groups is 1. The van der Waals surface area contributed by atoms with Gasteiger partial charge in [-0.3, -0.25) is 14.8 Å². The van der Waals surface area contributed by atoms with Crippen molar-refractivity contribution >= 4 is 49.8 Å². The number of amides is 1. The lowest BCUT2D eigenvalue weighted by Crippen LogP contribution is -2.15. The molecule has 0 saturated carbocycles. The highest BCUT2D eigenvalue weighted by molar-refractivity contribution is 8.00. The van der Waals surface area contributed by atoms with E-state index in [0.29, 0.717) is 16.4 Å². The summed E-state index contributed by atoms with van der Waals surface area (Å²) >= 11 is 2.74. The van der Waals surface area contributed by atoms with E-state index in [0.717, 1.165) is 4.34 Å². The van der Waals surface area contributed by atoms with Gasteiger partial charge in [-0.25, -0.2) is 8.42 Å². The molecule has 0 saturated heterocycles. The standard InChI is InChI=1S/C12H14N4O3S3/c1-3-22(18,19)16-9-6-4-8(5-7-9)10(17)13-11-14-15-12(20-2)21-11/h4-7,16H,3H2,1-2H3,(H,13,14,17). The number of aromatic nitrogens is 2. The van der Waals surface area contributed by atoms with Crippen LogP contribution in [0.1, 0.15) is 17.3 Å². The maximum Gasteiger partial charge on any atom is 0.257 e. The van der Waals surface area contributed by atoms with Crippen molar-refractivity contribution in [3.8, 4) is 0 Å². The number of benzene rings is 1. The van der Waals surface area contributed by atoms with Crippen LogP contribution in [0.2, 0.25) is 0 Å². The average Bonchev–Trinajstić information content (AvgIpc) is 2.95. The molecule has 0 spiro atoms. The Balaban J connectivity index is 2.05. The number of rotatable bonds is 6. The highest BCUT2D eigenvalue weighted by Crippen LogP contribution is 2.23. The van der Waals surface area contributed by atoms with Gasteiger partial charge < -0.3 is 0 Å². The molecule has 10 heteroatoms. The Kier molecular flexibility index (Phi) is 5.37. The summed E-state index contributed by atoms with van der Waals surface area (Å²) < 4.78 is 26.1. The molecule has 2 rings (SSSR count). The van der Waals surface area contributed by atoms with Crippen molar-refractivity contribution in [2.45, 2.75) is 11.3 Å². The molecule has 0 atom stereocenters. The molecule has 2 aromatic rings. The van der Waals surface area contributed by atoms with Crippen LogP contribution in [-0.2, 0) is 10.0 Å². The van der Waals surface area contributed by atoms with Crippen molar-refractivity contribution in [2.24, 2.45) is 0 Å². The number of hydrogen-bond donors (Lipinski definition) is 2. The molecule has 0 bridgehead atoms. The van der Waals surface area contributed by atoms with Gasteiger partial charge in [0, 0.05) is 11.3 Å². The van der Waals surface area contributed by atoms with Crippen molar-refractivity contribution in [1.82, 2.24) is 10.2 Å². The van der Waals surface area contributed by atoms with Crippen molar-refractivity contribution in [2.75, 3.05) is 22.0 Å². The van der Waals surface area contributed by atoms with Crippen LogP contribution in [0.25, 0.3) is 0 Å². The number of sulfonamides is 1. The maximum absolute atomic E-state index is 12.0. The number of nitrogens with one attached hydrogen (secondary N) is 2. The predicted octanol–water partition coefficient (Wildman–Crippen LogP) is 2.27. The molecule has 0 fully saturated rings. The van der Waals surface area contributed by atoms with Crippen molar-refractivity contribution in [3.63, 3.8) is 0 Å². The van der Waals surface area contributed by atoms with Gasteiger partial charge in [-0.1, -0.05) is 23.1 Å². The van der Waals surface area contributed by atoms with Gasteiger partial charge in [0.05, 0.1) is 5.75 Å². The molecule has 1 amide bonds. The van der Waals surface area contributed by atoms with Gasteiger partial charge >= 0.3 is 0 Å². The quantitative estimate of drug-likeness (QED) is 0.607. The number of anilines is 2. The van der Waals surface area contributed by atoms with E-state index in [9.17, 15) is 13.2 Å². The Bertz CT molecular complexity index is 756. The molecular formula is C12H14N4O3S3. The van der Waals surface area contributed by atoms with E-state index in [2.05, 4.69) is 20.2 Å². The van der Waals surface area contributed by atoms with Crippen LogP contribution in [0, 0.1) is 0 Å². The summed E-state index contributed by atoms with van der Waals surface area (Å²) in [5.74, 6) is -0.335. The Hall–Kier alpha value is -1.65. The van der Waals surface area contributed by atoms with Crippen LogP contribution in [-0.4, -0.2) is 36.5 Å². The molecule has 1 aromatic carbocycles. The molecule has 0 radical (unpaired) electrons. The van der Waals surface area contributed by atoms with Crippen LogP contribution in [0.4, 0.5) is 10.8 Å². The SMILES string of the molecule is CCS(=O)(=O)Nc1ccc(C(=O)Nc2nnc(SC)s2)cc1. The minimum Gasteiger partial charge on any atom is -0.296 e. The van der Waals surface area contributed by atoms with Gasteiger partial charge in [0.1, 0.15) is 0 Å². The van der Waals surface area contributed by atoms with E-state index in [1.54, 1.807) is 19.1 Å². The topological polar surface area (TPSA) is 101 Å². The second-order valence-electron chi connectivity index (χ2n) is 4.11. The third-order valence-corrected chi connectivity index (χ3v) is 5.72.